The lowest BCUT2D eigenvalue weighted by molar-refractivity contribution is -0.0481. The molecule has 25 heavy (non-hydrogen) atoms. The van der Waals surface area contributed by atoms with Gasteiger partial charge in [0.1, 0.15) is 36.1 Å². The number of aromatic nitrogens is 3. The second-order valence-electron chi connectivity index (χ2n) is 6.02. The predicted octanol–water partition coefficient (Wildman–Crippen LogP) is 0.0269. The van der Waals surface area contributed by atoms with Gasteiger partial charge in [0.2, 0.25) is 0 Å². The summed E-state index contributed by atoms with van der Waals surface area (Å²) in [6, 6.07) is 0. The van der Waals surface area contributed by atoms with Crippen molar-refractivity contribution in [3.8, 4) is 0 Å². The molecular formula is C14H21N4O6P. The smallest absolute Gasteiger partial charge is 0.325 e. The van der Waals surface area contributed by atoms with Crippen LogP contribution in [-0.4, -0.2) is 61.2 Å². The van der Waals surface area contributed by atoms with Crippen molar-refractivity contribution in [2.45, 2.75) is 37.9 Å². The Morgan fingerprint density at radius 2 is 2.12 bits per heavy atom. The highest BCUT2D eigenvalue weighted by molar-refractivity contribution is 7.51. The number of fused-ring (bicyclic) bond motifs is 1. The highest BCUT2D eigenvalue weighted by atomic mass is 31.2. The second-order valence-corrected chi connectivity index (χ2v) is 7.88. The summed E-state index contributed by atoms with van der Waals surface area (Å²) in [4.78, 5) is 17.4. The molecule has 138 valence electrons. The van der Waals surface area contributed by atoms with Gasteiger partial charge < -0.3 is 34.7 Å². The Kier molecular flexibility index (Phi) is 4.84. The van der Waals surface area contributed by atoms with Gasteiger partial charge in [0, 0.05) is 12.9 Å². The Balaban J connectivity index is 1.93. The van der Waals surface area contributed by atoms with Crippen LogP contribution in [0.4, 0.5) is 5.82 Å². The van der Waals surface area contributed by atoms with Crippen molar-refractivity contribution in [2.24, 2.45) is 0 Å². The summed E-state index contributed by atoms with van der Waals surface area (Å²) in [5.41, 5.74) is 7.29. The van der Waals surface area contributed by atoms with Gasteiger partial charge in [-0.25, -0.2) is 9.97 Å². The van der Waals surface area contributed by atoms with Gasteiger partial charge in [-0.05, 0) is 12.0 Å². The molecule has 0 radical (unpaired) electrons. The maximum atomic E-state index is 11.3. The molecule has 0 aliphatic carbocycles. The lowest BCUT2D eigenvalue weighted by atomic mass is 10.1. The van der Waals surface area contributed by atoms with Crippen molar-refractivity contribution in [3.63, 3.8) is 0 Å². The Labute approximate surface area is 143 Å². The molecule has 0 saturated carbocycles. The molecule has 2 aromatic rings. The molecule has 5 N–H and O–H groups in total. The third kappa shape index (κ3) is 3.41. The number of rotatable bonds is 5. The van der Waals surface area contributed by atoms with Gasteiger partial charge in [0.25, 0.3) is 0 Å². The summed E-state index contributed by atoms with van der Waals surface area (Å²) in [6.45, 7) is 2.66. The molecule has 5 atom stereocenters. The summed E-state index contributed by atoms with van der Waals surface area (Å²) < 4.78 is 23.3. The molecule has 1 aliphatic heterocycles. The third-order valence-corrected chi connectivity index (χ3v) is 4.82. The number of nitrogens with two attached hydrogens (primary N) is 1. The molecule has 3 heterocycles. The largest absolute Gasteiger partial charge is 0.387 e. The zero-order valence-corrected chi connectivity index (χ0v) is 14.7. The molecule has 0 bridgehead atoms. The SMILES string of the molecule is CCc1cn(C2OC(COP(C)(=O)O)C(O)C2O)c2ncnc(N)c12. The molecule has 10 nitrogen and oxygen atoms in total. The van der Waals surface area contributed by atoms with Crippen LogP contribution in [0.25, 0.3) is 11.0 Å². The van der Waals surface area contributed by atoms with Gasteiger partial charge in [-0.1, -0.05) is 6.92 Å². The van der Waals surface area contributed by atoms with Crippen molar-refractivity contribution in [1.82, 2.24) is 14.5 Å². The zero-order valence-electron chi connectivity index (χ0n) is 13.8. The number of ether oxygens (including phenoxy) is 1. The lowest BCUT2D eigenvalue weighted by Gasteiger charge is -2.17. The van der Waals surface area contributed by atoms with Crippen LogP contribution in [0.2, 0.25) is 0 Å². The molecule has 3 rings (SSSR count). The van der Waals surface area contributed by atoms with E-state index in [0.29, 0.717) is 23.3 Å². The topological polar surface area (TPSA) is 153 Å². The average molecular weight is 372 g/mol. The number of anilines is 1. The van der Waals surface area contributed by atoms with E-state index in [9.17, 15) is 19.7 Å². The van der Waals surface area contributed by atoms with Crippen LogP contribution in [0.5, 0.6) is 0 Å². The molecule has 0 amide bonds. The fourth-order valence-corrected chi connectivity index (χ4v) is 3.38. The van der Waals surface area contributed by atoms with Crippen molar-refractivity contribution in [1.29, 1.82) is 0 Å². The average Bonchev–Trinajstić information content (AvgIpc) is 3.05. The first-order valence-electron chi connectivity index (χ1n) is 7.79. The Morgan fingerprint density at radius 3 is 2.76 bits per heavy atom. The van der Waals surface area contributed by atoms with E-state index in [-0.39, 0.29) is 6.61 Å². The van der Waals surface area contributed by atoms with E-state index in [0.717, 1.165) is 12.2 Å². The normalized spacial score (nSPS) is 29.2. The Morgan fingerprint density at radius 1 is 1.40 bits per heavy atom. The van der Waals surface area contributed by atoms with Crippen molar-refractivity contribution < 1.29 is 28.9 Å². The van der Waals surface area contributed by atoms with E-state index >= 15 is 0 Å². The number of nitrogen functional groups attached to an aromatic ring is 1. The lowest BCUT2D eigenvalue weighted by Crippen LogP contribution is -2.33. The standard InChI is InChI=1S/C14H21N4O6P/c1-3-7-4-18(13-9(7)12(15)16-6-17-13)14-11(20)10(19)8(24-14)5-23-25(2,21)22/h4,6,8,10-11,14,19-20H,3,5H2,1-2H3,(H,21,22)(H2,15,16,17). The number of nitrogens with zero attached hydrogens (tertiary/aromatic N) is 3. The van der Waals surface area contributed by atoms with Crippen LogP contribution in [0.1, 0.15) is 18.7 Å². The highest BCUT2D eigenvalue weighted by Gasteiger charge is 2.45. The number of hydrogen-bond acceptors (Lipinski definition) is 8. The van der Waals surface area contributed by atoms with E-state index in [2.05, 4.69) is 9.97 Å². The van der Waals surface area contributed by atoms with Crippen LogP contribution < -0.4 is 5.73 Å². The maximum absolute atomic E-state index is 11.3. The van der Waals surface area contributed by atoms with E-state index in [1.165, 1.54) is 6.33 Å². The molecule has 1 fully saturated rings. The molecule has 2 aromatic heterocycles. The van der Waals surface area contributed by atoms with Gasteiger partial charge in [-0.15, -0.1) is 0 Å². The molecule has 5 unspecified atom stereocenters. The Bertz CT molecular complexity index is 821. The van der Waals surface area contributed by atoms with E-state index in [4.69, 9.17) is 15.0 Å². The van der Waals surface area contributed by atoms with Gasteiger partial charge in [-0.3, -0.25) is 4.57 Å². The molecule has 0 spiro atoms. The summed E-state index contributed by atoms with van der Waals surface area (Å²) in [7, 11) is -3.72. The van der Waals surface area contributed by atoms with Crippen molar-refractivity contribution in [2.75, 3.05) is 19.0 Å². The van der Waals surface area contributed by atoms with Gasteiger partial charge in [0.05, 0.1) is 12.0 Å². The maximum Gasteiger partial charge on any atom is 0.325 e. The quantitative estimate of drug-likeness (QED) is 0.532. The van der Waals surface area contributed by atoms with E-state index < -0.39 is 32.1 Å². The fourth-order valence-electron chi connectivity index (χ4n) is 2.96. The minimum Gasteiger partial charge on any atom is -0.387 e. The molecular weight excluding hydrogens is 351 g/mol. The first-order valence-corrected chi connectivity index (χ1v) is 9.81. The number of aliphatic hydroxyl groups is 2. The molecule has 1 aliphatic rings. The molecule has 0 aromatic carbocycles. The van der Waals surface area contributed by atoms with Gasteiger partial charge >= 0.3 is 7.60 Å². The summed E-state index contributed by atoms with van der Waals surface area (Å²) >= 11 is 0. The summed E-state index contributed by atoms with van der Waals surface area (Å²) in [5.74, 6) is 0.320. The first-order chi connectivity index (χ1) is 11.7. The Hall–Kier alpha value is -1.55. The van der Waals surface area contributed by atoms with Crippen LogP contribution >= 0.6 is 7.60 Å². The minimum atomic E-state index is -3.72. The second kappa shape index (κ2) is 6.64. The predicted molar refractivity (Wildman–Crippen MR) is 88.9 cm³/mol. The monoisotopic (exact) mass is 372 g/mol. The molecule has 1 saturated heterocycles. The van der Waals surface area contributed by atoms with Gasteiger partial charge in [0.15, 0.2) is 6.23 Å². The number of hydrogen-bond donors (Lipinski definition) is 4. The highest BCUT2D eigenvalue weighted by Crippen LogP contribution is 2.39. The van der Waals surface area contributed by atoms with E-state index in [1.807, 2.05) is 6.92 Å². The van der Waals surface area contributed by atoms with E-state index in [1.54, 1.807) is 10.8 Å². The zero-order chi connectivity index (χ0) is 18.4. The van der Waals surface area contributed by atoms with Crippen LogP contribution in [0, 0.1) is 0 Å². The van der Waals surface area contributed by atoms with Crippen molar-refractivity contribution in [3.05, 3.63) is 18.1 Å². The molecule has 11 heteroatoms. The first kappa shape index (κ1) is 18.2. The third-order valence-electron chi connectivity index (χ3n) is 4.19. The summed E-state index contributed by atoms with van der Waals surface area (Å²) in [6.07, 6.45) is -0.708. The summed E-state index contributed by atoms with van der Waals surface area (Å²) in [5, 5.41) is 21.2. The van der Waals surface area contributed by atoms with Crippen LogP contribution in [0.3, 0.4) is 0 Å². The minimum absolute atomic E-state index is 0.320. The van der Waals surface area contributed by atoms with Crippen molar-refractivity contribution >= 4 is 24.4 Å². The number of aliphatic hydroxyl groups excluding tert-OH is 2. The van der Waals surface area contributed by atoms with Crippen LogP contribution in [0.15, 0.2) is 12.5 Å². The van der Waals surface area contributed by atoms with Gasteiger partial charge in [-0.2, -0.15) is 0 Å². The fraction of sp³-hybridized carbons (Fsp3) is 0.571. The van der Waals surface area contributed by atoms with Crippen LogP contribution in [-0.2, 0) is 20.2 Å². The number of aryl methyl sites for hydroxylation is 1.